The summed E-state index contributed by atoms with van der Waals surface area (Å²) in [5, 5.41) is 4.02. The van der Waals surface area contributed by atoms with Crippen LogP contribution in [0.1, 0.15) is 48.8 Å². The van der Waals surface area contributed by atoms with Crippen LogP contribution in [0.3, 0.4) is 0 Å². The number of nitrogens with zero attached hydrogens (tertiary/aromatic N) is 4. The van der Waals surface area contributed by atoms with Gasteiger partial charge >= 0.3 is 12.7 Å². The van der Waals surface area contributed by atoms with Crippen molar-refractivity contribution in [3.63, 3.8) is 0 Å². The average Bonchev–Trinajstić information content (AvgIpc) is 3.32. The molecule has 0 bridgehead atoms. The van der Waals surface area contributed by atoms with E-state index in [2.05, 4.69) is 10.1 Å². The molecule has 0 spiro atoms. The summed E-state index contributed by atoms with van der Waals surface area (Å²) in [5.41, 5.74) is 9.48. The first kappa shape index (κ1) is 28.8. The van der Waals surface area contributed by atoms with E-state index in [-0.39, 0.29) is 22.7 Å². The second-order valence-corrected chi connectivity index (χ2v) is 8.11. The molecule has 8 nitrogen and oxygen atoms in total. The minimum atomic E-state index is -4.50. The molecule has 4 rings (SSSR count). The summed E-state index contributed by atoms with van der Waals surface area (Å²) in [6.45, 7) is 0.874. The molecule has 2 amide bonds. The lowest BCUT2D eigenvalue weighted by molar-refractivity contribution is -0.141. The molecular formula is C22H24ClF5N6O2. The number of benzene rings is 1. The fourth-order valence-electron chi connectivity index (χ4n) is 3.15. The molecule has 2 aromatic heterocycles. The van der Waals surface area contributed by atoms with Crippen LogP contribution in [0, 0.1) is 0 Å². The number of alkyl halides is 5. The predicted molar refractivity (Wildman–Crippen MR) is 124 cm³/mol. The lowest BCUT2D eigenvalue weighted by Crippen LogP contribution is -2.33. The van der Waals surface area contributed by atoms with Crippen molar-refractivity contribution >= 4 is 40.0 Å². The molecule has 3 aromatic rings. The molecule has 0 aliphatic carbocycles. The number of carbonyl (C=O) groups excluding carboxylic acids is 2. The molecule has 196 valence electrons. The number of amides is 2. The van der Waals surface area contributed by atoms with E-state index in [4.69, 9.17) is 23.1 Å². The van der Waals surface area contributed by atoms with Crippen molar-refractivity contribution in [3.05, 3.63) is 52.9 Å². The number of fused-ring (bicyclic) bond motifs is 1. The fraction of sp³-hybridized carbons (Fsp3) is 0.364. The zero-order valence-electron chi connectivity index (χ0n) is 19.1. The summed E-state index contributed by atoms with van der Waals surface area (Å²) in [4.78, 5) is 26.5. The number of halogens is 6. The monoisotopic (exact) mass is 534 g/mol. The number of hydrogen-bond donors (Lipinski definition) is 2. The van der Waals surface area contributed by atoms with Crippen molar-refractivity contribution < 1.29 is 31.5 Å². The first-order valence-corrected chi connectivity index (χ1v) is 11.0. The molecule has 4 N–H and O–H groups in total. The van der Waals surface area contributed by atoms with Crippen LogP contribution in [0.2, 0.25) is 5.02 Å². The maximum atomic E-state index is 12.4. The highest BCUT2D eigenvalue weighted by atomic mass is 35.5. The molecule has 0 saturated carbocycles. The Bertz CT molecular complexity index is 1200. The topological polar surface area (TPSA) is 120 Å². The Morgan fingerprint density at radius 1 is 1.11 bits per heavy atom. The Morgan fingerprint density at radius 3 is 2.19 bits per heavy atom. The number of piperidine rings is 1. The lowest BCUT2D eigenvalue weighted by Gasteiger charge is -2.24. The smallest absolute Gasteiger partial charge is 0.398 e. The van der Waals surface area contributed by atoms with Gasteiger partial charge in [0.1, 0.15) is 5.69 Å². The molecule has 1 aliphatic heterocycles. The average molecular weight is 535 g/mol. The molecular weight excluding hydrogens is 511 g/mol. The van der Waals surface area contributed by atoms with Gasteiger partial charge in [-0.2, -0.15) is 27.1 Å². The van der Waals surface area contributed by atoms with Gasteiger partial charge in [-0.25, -0.2) is 9.67 Å². The Labute approximate surface area is 208 Å². The van der Waals surface area contributed by atoms with Gasteiger partial charge in [0.25, 0.3) is 5.91 Å². The molecule has 0 atom stereocenters. The number of hydrogen-bond acceptors (Lipinski definition) is 5. The van der Waals surface area contributed by atoms with Gasteiger partial charge in [0, 0.05) is 42.3 Å². The molecule has 1 aromatic carbocycles. The predicted octanol–water partition coefficient (Wildman–Crippen LogP) is 4.89. The van der Waals surface area contributed by atoms with Gasteiger partial charge in [-0.1, -0.05) is 11.6 Å². The van der Waals surface area contributed by atoms with Gasteiger partial charge in [-0.05, 0) is 43.5 Å². The molecule has 3 heterocycles. The number of nitrogen functional groups attached to an aromatic ring is 1. The SMILES string of the molecule is CC(=O)N1CCCCC1.NC(=O)c1cnn(C(F)F)c1.Nc1cc(C(F)(F)F)nc2ccc(Cl)cc12. The standard InChI is InChI=1S/C10H6ClF3N2.C7H13NO.C5H5F2N3O/c11-5-1-2-8-6(3-5)7(15)4-9(16-8)10(12,13)14;1-7(9)8-5-3-2-4-6-8;6-5(7)10-2-3(1-9-10)4(8)11/h1-4H,(H2,15,16);2-6H2,1H3;1-2,5H,(H2,8,11). The number of carbonyl (C=O) groups is 2. The third-order valence-electron chi connectivity index (χ3n) is 4.98. The highest BCUT2D eigenvalue weighted by molar-refractivity contribution is 6.31. The van der Waals surface area contributed by atoms with Crippen LogP contribution in [0.5, 0.6) is 0 Å². The van der Waals surface area contributed by atoms with E-state index < -0.39 is 24.3 Å². The number of rotatable bonds is 2. The van der Waals surface area contributed by atoms with Crippen molar-refractivity contribution in [1.29, 1.82) is 0 Å². The van der Waals surface area contributed by atoms with E-state index in [1.165, 1.54) is 37.5 Å². The largest absolute Gasteiger partial charge is 0.433 e. The van der Waals surface area contributed by atoms with Crippen molar-refractivity contribution in [2.24, 2.45) is 5.73 Å². The number of anilines is 1. The van der Waals surface area contributed by atoms with Crippen molar-refractivity contribution in [1.82, 2.24) is 19.7 Å². The summed E-state index contributed by atoms with van der Waals surface area (Å²) in [7, 11) is 0. The minimum Gasteiger partial charge on any atom is -0.398 e. The van der Waals surface area contributed by atoms with Crippen LogP contribution >= 0.6 is 11.6 Å². The van der Waals surface area contributed by atoms with Crippen molar-refractivity contribution in [2.45, 2.75) is 38.9 Å². The van der Waals surface area contributed by atoms with E-state index in [0.717, 1.165) is 31.5 Å². The first-order valence-electron chi connectivity index (χ1n) is 10.6. The zero-order chi connectivity index (χ0) is 27.0. The van der Waals surface area contributed by atoms with Crippen LogP contribution in [-0.4, -0.2) is 44.6 Å². The highest BCUT2D eigenvalue weighted by Crippen LogP contribution is 2.32. The van der Waals surface area contributed by atoms with E-state index in [0.29, 0.717) is 15.1 Å². The highest BCUT2D eigenvalue weighted by Gasteiger charge is 2.33. The molecule has 1 aliphatic rings. The number of pyridine rings is 1. The normalized spacial score (nSPS) is 13.5. The third kappa shape index (κ3) is 8.33. The Hall–Kier alpha value is -3.48. The van der Waals surface area contributed by atoms with E-state index in [1.54, 1.807) is 6.92 Å². The molecule has 36 heavy (non-hydrogen) atoms. The van der Waals surface area contributed by atoms with E-state index >= 15 is 0 Å². The summed E-state index contributed by atoms with van der Waals surface area (Å²) in [6.07, 6.45) is 1.08. The van der Waals surface area contributed by atoms with Crippen LogP contribution in [0.25, 0.3) is 10.9 Å². The van der Waals surface area contributed by atoms with Gasteiger partial charge in [-0.3, -0.25) is 9.59 Å². The summed E-state index contributed by atoms with van der Waals surface area (Å²) >= 11 is 5.71. The molecule has 14 heteroatoms. The van der Waals surface area contributed by atoms with Crippen LogP contribution < -0.4 is 11.5 Å². The van der Waals surface area contributed by atoms with Crippen LogP contribution in [-0.2, 0) is 11.0 Å². The number of likely N-dealkylation sites (tertiary alicyclic amines) is 1. The third-order valence-corrected chi connectivity index (χ3v) is 5.22. The van der Waals surface area contributed by atoms with Gasteiger partial charge < -0.3 is 16.4 Å². The number of nitrogens with two attached hydrogens (primary N) is 2. The van der Waals surface area contributed by atoms with E-state index in [1.807, 2.05) is 4.90 Å². The Balaban J connectivity index is 0.000000200. The second kappa shape index (κ2) is 12.5. The maximum absolute atomic E-state index is 12.4. The quantitative estimate of drug-likeness (QED) is 0.454. The summed E-state index contributed by atoms with van der Waals surface area (Å²) < 4.78 is 61.2. The van der Waals surface area contributed by atoms with Gasteiger partial charge in [0.2, 0.25) is 5.91 Å². The number of aromatic nitrogens is 3. The van der Waals surface area contributed by atoms with Crippen LogP contribution in [0.15, 0.2) is 36.7 Å². The van der Waals surface area contributed by atoms with Gasteiger partial charge in [0.05, 0.1) is 17.3 Å². The maximum Gasteiger partial charge on any atom is 0.433 e. The van der Waals surface area contributed by atoms with Gasteiger partial charge in [-0.15, -0.1) is 0 Å². The van der Waals surface area contributed by atoms with Crippen LogP contribution in [0.4, 0.5) is 27.6 Å². The van der Waals surface area contributed by atoms with Gasteiger partial charge in [0.15, 0.2) is 0 Å². The molecule has 1 fully saturated rings. The minimum absolute atomic E-state index is 0.0137. The lowest BCUT2D eigenvalue weighted by atomic mass is 10.1. The Kier molecular flexibility index (Phi) is 9.96. The zero-order valence-corrected chi connectivity index (χ0v) is 19.9. The van der Waals surface area contributed by atoms with Crippen molar-refractivity contribution in [3.8, 4) is 0 Å². The van der Waals surface area contributed by atoms with E-state index in [9.17, 15) is 31.5 Å². The first-order chi connectivity index (χ1) is 16.8. The molecule has 0 radical (unpaired) electrons. The summed E-state index contributed by atoms with van der Waals surface area (Å²) in [5.74, 6) is -0.536. The summed E-state index contributed by atoms with van der Waals surface area (Å²) in [6, 6.07) is 5.16. The molecule has 1 saturated heterocycles. The number of primary amides is 1. The second-order valence-electron chi connectivity index (χ2n) is 7.67. The molecule has 0 unspecified atom stereocenters. The fourth-order valence-corrected chi connectivity index (χ4v) is 3.32. The van der Waals surface area contributed by atoms with Crippen molar-refractivity contribution in [2.75, 3.05) is 18.8 Å². The Morgan fingerprint density at radius 2 is 1.75 bits per heavy atom.